The Morgan fingerprint density at radius 2 is 1.95 bits per heavy atom. The van der Waals surface area contributed by atoms with Gasteiger partial charge in [-0.1, -0.05) is 6.92 Å². The summed E-state index contributed by atoms with van der Waals surface area (Å²) in [5.74, 6) is 4.14. The van der Waals surface area contributed by atoms with Crippen LogP contribution in [0.2, 0.25) is 0 Å². The summed E-state index contributed by atoms with van der Waals surface area (Å²) in [4.78, 5) is 12.2. The summed E-state index contributed by atoms with van der Waals surface area (Å²) in [5.41, 5.74) is 0.821. The van der Waals surface area contributed by atoms with Crippen molar-refractivity contribution < 1.29 is 9.53 Å². The van der Waals surface area contributed by atoms with E-state index in [0.29, 0.717) is 12.3 Å². The third kappa shape index (κ3) is 4.57. The summed E-state index contributed by atoms with van der Waals surface area (Å²) in [7, 11) is 0. The van der Waals surface area contributed by atoms with Crippen LogP contribution in [0.3, 0.4) is 0 Å². The fourth-order valence-electron chi connectivity index (χ4n) is 2.29. The lowest BCUT2D eigenvalue weighted by Gasteiger charge is -2.20. The van der Waals surface area contributed by atoms with Gasteiger partial charge in [0.1, 0.15) is 5.75 Å². The molecule has 0 unspecified atom stereocenters. The topological polar surface area (TPSA) is 26.3 Å². The van der Waals surface area contributed by atoms with Gasteiger partial charge in [0.05, 0.1) is 6.61 Å². The summed E-state index contributed by atoms with van der Waals surface area (Å²) in [6.07, 6.45) is 4.08. The minimum absolute atomic E-state index is 0.277. The zero-order chi connectivity index (χ0) is 13.5. The highest BCUT2D eigenvalue weighted by atomic mass is 32.2. The van der Waals surface area contributed by atoms with Gasteiger partial charge in [0, 0.05) is 12.0 Å². The standard InChI is InChI=1S/C16H22O2S/c1-2-9-18-15-5-3-14(4-6-15)16(17)12-13-7-10-19-11-8-13/h3-6,13H,2,7-12H2,1H3. The molecule has 0 N–H and O–H groups in total. The highest BCUT2D eigenvalue weighted by molar-refractivity contribution is 7.99. The van der Waals surface area contributed by atoms with Gasteiger partial charge in [-0.05, 0) is 61.0 Å². The molecule has 2 rings (SSSR count). The van der Waals surface area contributed by atoms with Gasteiger partial charge in [-0.15, -0.1) is 0 Å². The molecule has 1 fully saturated rings. The first-order valence-corrected chi connectivity index (χ1v) is 8.29. The van der Waals surface area contributed by atoms with E-state index in [4.69, 9.17) is 4.74 Å². The zero-order valence-electron chi connectivity index (χ0n) is 11.6. The van der Waals surface area contributed by atoms with Gasteiger partial charge in [-0.2, -0.15) is 11.8 Å². The smallest absolute Gasteiger partial charge is 0.163 e. The van der Waals surface area contributed by atoms with Crippen LogP contribution in [-0.4, -0.2) is 23.9 Å². The molecule has 1 heterocycles. The average Bonchev–Trinajstić information content (AvgIpc) is 2.46. The van der Waals surface area contributed by atoms with E-state index in [0.717, 1.165) is 24.3 Å². The largest absolute Gasteiger partial charge is 0.494 e. The van der Waals surface area contributed by atoms with E-state index in [-0.39, 0.29) is 5.78 Å². The van der Waals surface area contributed by atoms with E-state index >= 15 is 0 Å². The summed E-state index contributed by atoms with van der Waals surface area (Å²) in [6.45, 7) is 2.81. The molecule has 0 spiro atoms. The van der Waals surface area contributed by atoms with Gasteiger partial charge in [0.2, 0.25) is 0 Å². The van der Waals surface area contributed by atoms with E-state index in [2.05, 4.69) is 6.92 Å². The predicted octanol–water partition coefficient (Wildman–Crippen LogP) is 4.19. The normalized spacial score (nSPS) is 16.3. The molecule has 0 atom stereocenters. The molecule has 1 aliphatic rings. The molecule has 104 valence electrons. The molecule has 0 aromatic heterocycles. The van der Waals surface area contributed by atoms with Crippen LogP contribution in [0.4, 0.5) is 0 Å². The van der Waals surface area contributed by atoms with Crippen LogP contribution >= 0.6 is 11.8 Å². The van der Waals surface area contributed by atoms with E-state index in [9.17, 15) is 4.79 Å². The molecular formula is C16H22O2S. The Labute approximate surface area is 119 Å². The number of hydrogen-bond acceptors (Lipinski definition) is 3. The Morgan fingerprint density at radius 3 is 2.58 bits per heavy atom. The monoisotopic (exact) mass is 278 g/mol. The zero-order valence-corrected chi connectivity index (χ0v) is 12.4. The van der Waals surface area contributed by atoms with Crippen LogP contribution in [0.5, 0.6) is 5.75 Å². The van der Waals surface area contributed by atoms with Gasteiger partial charge in [-0.25, -0.2) is 0 Å². The van der Waals surface area contributed by atoms with Crippen molar-refractivity contribution in [3.8, 4) is 5.75 Å². The molecule has 1 aromatic rings. The highest BCUT2D eigenvalue weighted by Crippen LogP contribution is 2.26. The number of Topliss-reactive ketones (excluding diaryl/α,β-unsaturated/α-hetero) is 1. The minimum atomic E-state index is 0.277. The summed E-state index contributed by atoms with van der Waals surface area (Å²) in [6, 6.07) is 7.59. The number of ketones is 1. The van der Waals surface area contributed by atoms with E-state index in [1.807, 2.05) is 36.0 Å². The first-order valence-electron chi connectivity index (χ1n) is 7.13. The SMILES string of the molecule is CCCOc1ccc(C(=O)CC2CCSCC2)cc1. The van der Waals surface area contributed by atoms with E-state index < -0.39 is 0 Å². The number of ether oxygens (including phenoxy) is 1. The lowest BCUT2D eigenvalue weighted by Crippen LogP contribution is -2.14. The first kappa shape index (κ1) is 14.4. The fraction of sp³-hybridized carbons (Fsp3) is 0.562. The quantitative estimate of drug-likeness (QED) is 0.730. The van der Waals surface area contributed by atoms with Crippen LogP contribution in [0.1, 0.15) is 43.0 Å². The number of rotatable bonds is 6. The molecule has 19 heavy (non-hydrogen) atoms. The van der Waals surface area contributed by atoms with E-state index in [1.165, 1.54) is 24.3 Å². The minimum Gasteiger partial charge on any atom is -0.494 e. The summed E-state index contributed by atoms with van der Waals surface area (Å²) >= 11 is 2.00. The summed E-state index contributed by atoms with van der Waals surface area (Å²) in [5, 5.41) is 0. The number of carbonyl (C=O) groups excluding carboxylic acids is 1. The average molecular weight is 278 g/mol. The lowest BCUT2D eigenvalue weighted by molar-refractivity contribution is 0.0958. The van der Waals surface area contributed by atoms with Gasteiger partial charge < -0.3 is 4.74 Å². The van der Waals surface area contributed by atoms with Crippen molar-refractivity contribution in [3.63, 3.8) is 0 Å². The Bertz CT molecular complexity index is 394. The van der Waals surface area contributed by atoms with Crippen molar-refractivity contribution in [3.05, 3.63) is 29.8 Å². The number of thioether (sulfide) groups is 1. The maximum Gasteiger partial charge on any atom is 0.163 e. The number of benzene rings is 1. The molecule has 3 heteroatoms. The molecule has 1 aliphatic heterocycles. The Balaban J connectivity index is 1.87. The van der Waals surface area contributed by atoms with Crippen LogP contribution in [-0.2, 0) is 0 Å². The second kappa shape index (κ2) is 7.59. The molecular weight excluding hydrogens is 256 g/mol. The van der Waals surface area contributed by atoms with Crippen molar-refractivity contribution in [2.24, 2.45) is 5.92 Å². The lowest BCUT2D eigenvalue weighted by atomic mass is 9.93. The van der Waals surface area contributed by atoms with Crippen molar-refractivity contribution in [1.29, 1.82) is 0 Å². The van der Waals surface area contributed by atoms with Crippen LogP contribution in [0.25, 0.3) is 0 Å². The third-order valence-electron chi connectivity index (χ3n) is 3.46. The third-order valence-corrected chi connectivity index (χ3v) is 4.51. The molecule has 1 saturated heterocycles. The highest BCUT2D eigenvalue weighted by Gasteiger charge is 2.18. The second-order valence-electron chi connectivity index (χ2n) is 5.06. The van der Waals surface area contributed by atoms with Crippen molar-refractivity contribution >= 4 is 17.5 Å². The molecule has 0 amide bonds. The Morgan fingerprint density at radius 1 is 1.26 bits per heavy atom. The van der Waals surface area contributed by atoms with Crippen molar-refractivity contribution in [2.75, 3.05) is 18.1 Å². The van der Waals surface area contributed by atoms with Gasteiger partial charge in [0.25, 0.3) is 0 Å². The molecule has 1 aromatic carbocycles. The van der Waals surface area contributed by atoms with Gasteiger partial charge in [0.15, 0.2) is 5.78 Å². The van der Waals surface area contributed by atoms with Crippen LogP contribution in [0.15, 0.2) is 24.3 Å². The van der Waals surface area contributed by atoms with E-state index in [1.54, 1.807) is 0 Å². The molecule has 2 nitrogen and oxygen atoms in total. The molecule has 0 aliphatic carbocycles. The number of carbonyl (C=O) groups is 1. The fourth-order valence-corrected chi connectivity index (χ4v) is 3.49. The van der Waals surface area contributed by atoms with Crippen LogP contribution in [0, 0.1) is 5.92 Å². The maximum absolute atomic E-state index is 12.2. The van der Waals surface area contributed by atoms with Crippen molar-refractivity contribution in [2.45, 2.75) is 32.6 Å². The van der Waals surface area contributed by atoms with Gasteiger partial charge >= 0.3 is 0 Å². The Hall–Kier alpha value is -0.960. The molecule has 0 bridgehead atoms. The molecule has 0 saturated carbocycles. The van der Waals surface area contributed by atoms with Crippen LogP contribution < -0.4 is 4.74 Å². The molecule has 0 radical (unpaired) electrons. The number of hydrogen-bond donors (Lipinski definition) is 0. The summed E-state index contributed by atoms with van der Waals surface area (Å²) < 4.78 is 5.53. The van der Waals surface area contributed by atoms with Crippen molar-refractivity contribution in [1.82, 2.24) is 0 Å². The van der Waals surface area contributed by atoms with Gasteiger partial charge in [-0.3, -0.25) is 4.79 Å². The second-order valence-corrected chi connectivity index (χ2v) is 6.28. The first-order chi connectivity index (χ1) is 9.29. The Kier molecular flexibility index (Phi) is 5.77. The predicted molar refractivity (Wildman–Crippen MR) is 81.2 cm³/mol. The maximum atomic E-state index is 12.2.